The molecule has 2 heterocycles. The molecule has 0 bridgehead atoms. The van der Waals surface area contributed by atoms with Gasteiger partial charge >= 0.3 is 6.09 Å². The molecule has 1 fully saturated rings. The first-order valence-electron chi connectivity index (χ1n) is 9.70. The molecule has 11 heteroatoms. The summed E-state index contributed by atoms with van der Waals surface area (Å²) in [6, 6.07) is 2.07. The molecule has 3 N–H and O–H groups in total. The molecule has 0 unspecified atom stereocenters. The maximum atomic E-state index is 14.8. The summed E-state index contributed by atoms with van der Waals surface area (Å²) < 4.78 is 34.7. The standard InChI is InChI=1S/C20H23F2N3O6/c1-11(27)23-8-14-9-25(20(30)31-14)13-6-15(21)18(16(22)7-13)12-2-4-24(5-3-12)19(29)17(28)10-26/h2,6-7,14,17,26,28H,3-5,8-10H2,1H3,(H,23,27)/t14-,17-/m0/s1. The van der Waals surface area contributed by atoms with Gasteiger partial charge < -0.3 is 25.2 Å². The molecule has 0 aromatic heterocycles. The second kappa shape index (κ2) is 9.40. The topological polar surface area (TPSA) is 119 Å². The van der Waals surface area contributed by atoms with E-state index >= 15 is 0 Å². The van der Waals surface area contributed by atoms with E-state index in [-0.39, 0.29) is 49.8 Å². The Labute approximate surface area is 176 Å². The van der Waals surface area contributed by atoms with E-state index in [2.05, 4.69) is 5.32 Å². The van der Waals surface area contributed by atoms with Crippen LogP contribution in [0.4, 0.5) is 19.3 Å². The summed E-state index contributed by atoms with van der Waals surface area (Å²) in [5, 5.41) is 20.8. The predicted molar refractivity (Wildman–Crippen MR) is 105 cm³/mol. The predicted octanol–water partition coefficient (Wildman–Crippen LogP) is 0.395. The lowest BCUT2D eigenvalue weighted by atomic mass is 9.97. The molecule has 2 aliphatic heterocycles. The zero-order valence-corrected chi connectivity index (χ0v) is 16.8. The zero-order valence-electron chi connectivity index (χ0n) is 16.8. The fraction of sp³-hybridized carbons (Fsp3) is 0.450. The number of aliphatic hydroxyl groups excluding tert-OH is 2. The molecule has 168 valence electrons. The van der Waals surface area contributed by atoms with Crippen LogP contribution in [0.5, 0.6) is 0 Å². The zero-order chi connectivity index (χ0) is 22.7. The summed E-state index contributed by atoms with van der Waals surface area (Å²) in [6.45, 7) is 0.905. The number of benzene rings is 1. The van der Waals surface area contributed by atoms with Crippen molar-refractivity contribution in [2.75, 3.05) is 37.7 Å². The second-order valence-corrected chi connectivity index (χ2v) is 7.30. The van der Waals surface area contributed by atoms with Crippen LogP contribution in [0.15, 0.2) is 18.2 Å². The Balaban J connectivity index is 1.74. The fourth-order valence-corrected chi connectivity index (χ4v) is 3.50. The third-order valence-corrected chi connectivity index (χ3v) is 5.09. The molecule has 9 nitrogen and oxygen atoms in total. The number of nitrogens with one attached hydrogen (secondary N) is 1. The van der Waals surface area contributed by atoms with Crippen LogP contribution < -0.4 is 10.2 Å². The summed E-state index contributed by atoms with van der Waals surface area (Å²) in [4.78, 5) is 37.4. The molecular weight excluding hydrogens is 416 g/mol. The van der Waals surface area contributed by atoms with Gasteiger partial charge in [-0.3, -0.25) is 14.5 Å². The molecule has 0 spiro atoms. The highest BCUT2D eigenvalue weighted by Gasteiger charge is 2.34. The van der Waals surface area contributed by atoms with E-state index in [1.165, 1.54) is 17.9 Å². The minimum absolute atomic E-state index is 0.00615. The monoisotopic (exact) mass is 439 g/mol. The molecule has 31 heavy (non-hydrogen) atoms. The second-order valence-electron chi connectivity index (χ2n) is 7.30. The Bertz CT molecular complexity index is 899. The number of hydrogen-bond acceptors (Lipinski definition) is 6. The number of rotatable bonds is 6. The van der Waals surface area contributed by atoms with Crippen molar-refractivity contribution in [3.8, 4) is 0 Å². The maximum absolute atomic E-state index is 14.8. The molecule has 0 aliphatic carbocycles. The normalized spacial score (nSPS) is 19.7. The van der Waals surface area contributed by atoms with Crippen molar-refractivity contribution in [2.24, 2.45) is 0 Å². The average molecular weight is 439 g/mol. The van der Waals surface area contributed by atoms with Crippen molar-refractivity contribution in [2.45, 2.75) is 25.6 Å². The van der Waals surface area contributed by atoms with Crippen LogP contribution in [-0.4, -0.2) is 78.0 Å². The number of carbonyl (C=O) groups excluding carboxylic acids is 3. The van der Waals surface area contributed by atoms with Crippen LogP contribution in [0, 0.1) is 11.6 Å². The Morgan fingerprint density at radius 1 is 1.32 bits per heavy atom. The lowest BCUT2D eigenvalue weighted by molar-refractivity contribution is -0.141. The van der Waals surface area contributed by atoms with Gasteiger partial charge in [0.25, 0.3) is 5.91 Å². The molecule has 1 saturated heterocycles. The van der Waals surface area contributed by atoms with Gasteiger partial charge in [-0.25, -0.2) is 13.6 Å². The average Bonchev–Trinajstić information content (AvgIpc) is 3.11. The van der Waals surface area contributed by atoms with Gasteiger partial charge in [0.2, 0.25) is 5.91 Å². The van der Waals surface area contributed by atoms with Gasteiger partial charge in [0.1, 0.15) is 17.7 Å². The van der Waals surface area contributed by atoms with Gasteiger partial charge in [0.15, 0.2) is 6.10 Å². The summed E-state index contributed by atoms with van der Waals surface area (Å²) in [5.41, 5.74) is 0.103. The Morgan fingerprint density at radius 2 is 2.00 bits per heavy atom. The van der Waals surface area contributed by atoms with Gasteiger partial charge in [-0.05, 0) is 24.1 Å². The summed E-state index contributed by atoms with van der Waals surface area (Å²) >= 11 is 0. The molecule has 0 saturated carbocycles. The van der Waals surface area contributed by atoms with E-state index in [0.29, 0.717) is 5.57 Å². The SMILES string of the molecule is CC(=O)NC[C@H]1CN(c2cc(F)c(C3=CCN(C(=O)[C@@H](O)CO)CC3)c(F)c2)C(=O)O1. The molecular formula is C20H23F2N3O6. The number of aliphatic hydroxyl groups is 2. The van der Waals surface area contributed by atoms with Crippen LogP contribution in [0.3, 0.4) is 0 Å². The highest BCUT2D eigenvalue weighted by Crippen LogP contribution is 2.32. The highest BCUT2D eigenvalue weighted by molar-refractivity contribution is 5.90. The quantitative estimate of drug-likeness (QED) is 0.590. The van der Waals surface area contributed by atoms with Crippen LogP contribution in [-0.2, 0) is 14.3 Å². The molecule has 2 aliphatic rings. The van der Waals surface area contributed by atoms with Gasteiger partial charge in [-0.2, -0.15) is 0 Å². The number of anilines is 1. The van der Waals surface area contributed by atoms with Gasteiger partial charge in [-0.15, -0.1) is 0 Å². The molecule has 2 atom stereocenters. The van der Waals surface area contributed by atoms with Crippen molar-refractivity contribution in [3.05, 3.63) is 35.4 Å². The lowest BCUT2D eigenvalue weighted by Crippen LogP contribution is -2.42. The molecule has 3 rings (SSSR count). The number of halogens is 2. The first kappa shape index (κ1) is 22.6. The molecule has 0 radical (unpaired) electrons. The number of nitrogens with zero attached hydrogens (tertiary/aromatic N) is 2. The number of cyclic esters (lactones) is 1. The van der Waals surface area contributed by atoms with Crippen molar-refractivity contribution >= 4 is 29.2 Å². The molecule has 3 amide bonds. The number of amides is 3. The van der Waals surface area contributed by atoms with Crippen LogP contribution in [0.25, 0.3) is 5.57 Å². The van der Waals surface area contributed by atoms with E-state index in [9.17, 15) is 28.3 Å². The van der Waals surface area contributed by atoms with Gasteiger partial charge in [0, 0.05) is 25.6 Å². The third kappa shape index (κ3) is 5.00. The highest BCUT2D eigenvalue weighted by atomic mass is 19.1. The largest absolute Gasteiger partial charge is 0.442 e. The summed E-state index contributed by atoms with van der Waals surface area (Å²) in [6.07, 6.45) is -1.30. The fourth-order valence-electron chi connectivity index (χ4n) is 3.50. The number of ether oxygens (including phenoxy) is 1. The van der Waals surface area contributed by atoms with E-state index in [1.807, 2.05) is 0 Å². The Kier molecular flexibility index (Phi) is 6.86. The van der Waals surface area contributed by atoms with Gasteiger partial charge in [-0.1, -0.05) is 6.08 Å². The van der Waals surface area contributed by atoms with E-state index in [1.54, 1.807) is 0 Å². The van der Waals surface area contributed by atoms with E-state index in [4.69, 9.17) is 9.84 Å². The molecule has 1 aromatic carbocycles. The van der Waals surface area contributed by atoms with E-state index < -0.39 is 42.4 Å². The van der Waals surface area contributed by atoms with E-state index in [0.717, 1.165) is 17.0 Å². The third-order valence-electron chi connectivity index (χ3n) is 5.09. The lowest BCUT2D eigenvalue weighted by Gasteiger charge is -2.28. The first-order chi connectivity index (χ1) is 14.7. The minimum Gasteiger partial charge on any atom is -0.442 e. The van der Waals surface area contributed by atoms with Crippen LogP contribution >= 0.6 is 0 Å². The van der Waals surface area contributed by atoms with Crippen molar-refractivity contribution < 1.29 is 38.1 Å². The van der Waals surface area contributed by atoms with Gasteiger partial charge in [0.05, 0.1) is 25.4 Å². The maximum Gasteiger partial charge on any atom is 0.414 e. The van der Waals surface area contributed by atoms with Crippen molar-refractivity contribution in [1.29, 1.82) is 0 Å². The smallest absolute Gasteiger partial charge is 0.414 e. The first-order valence-corrected chi connectivity index (χ1v) is 9.70. The number of carbonyl (C=O) groups is 3. The summed E-state index contributed by atoms with van der Waals surface area (Å²) in [5.74, 6) is -2.68. The van der Waals surface area contributed by atoms with Crippen LogP contribution in [0.1, 0.15) is 18.9 Å². The molecule has 1 aromatic rings. The van der Waals surface area contributed by atoms with Crippen LogP contribution in [0.2, 0.25) is 0 Å². The summed E-state index contributed by atoms with van der Waals surface area (Å²) in [7, 11) is 0. The minimum atomic E-state index is -1.53. The number of hydrogen-bond donors (Lipinski definition) is 3. The Hall–Kier alpha value is -3.05. The Morgan fingerprint density at radius 3 is 2.55 bits per heavy atom. The van der Waals surface area contributed by atoms with Crippen molar-refractivity contribution in [1.82, 2.24) is 10.2 Å². The van der Waals surface area contributed by atoms with Crippen molar-refractivity contribution in [3.63, 3.8) is 0 Å².